The first-order valence-electron chi connectivity index (χ1n) is 7.95. The number of hydrogen-bond donors (Lipinski definition) is 1. The molecule has 7 nitrogen and oxygen atoms in total. The molecule has 0 fully saturated rings. The van der Waals surface area contributed by atoms with Crippen LogP contribution in [0.3, 0.4) is 0 Å². The molecule has 1 N–H and O–H groups in total. The van der Waals surface area contributed by atoms with Gasteiger partial charge in [-0.1, -0.05) is 36.4 Å². The van der Waals surface area contributed by atoms with E-state index in [0.717, 1.165) is 0 Å². The van der Waals surface area contributed by atoms with E-state index in [9.17, 15) is 23.3 Å². The lowest BCUT2D eigenvalue weighted by molar-refractivity contribution is -0.384. The number of nitro benzene ring substituents is 1. The molecule has 28 heavy (non-hydrogen) atoms. The van der Waals surface area contributed by atoms with Crippen LogP contribution in [0, 0.1) is 10.1 Å². The van der Waals surface area contributed by atoms with Gasteiger partial charge in [0.05, 0.1) is 4.92 Å². The second-order valence-corrected chi connectivity index (χ2v) is 5.62. The van der Waals surface area contributed by atoms with Crippen LogP contribution in [-0.2, 0) is 12.8 Å². The van der Waals surface area contributed by atoms with Crippen molar-refractivity contribution in [3.05, 3.63) is 82.0 Å². The minimum Gasteiger partial charge on any atom is -0.472 e. The SMILES string of the molecule is O=[N+]([O-])c1cccc(Nc2ncc(C(F)(F)F)c(OCc3ccccc3)n2)c1. The van der Waals surface area contributed by atoms with Crippen molar-refractivity contribution in [1.29, 1.82) is 0 Å². The van der Waals surface area contributed by atoms with Gasteiger partial charge < -0.3 is 10.1 Å². The second-order valence-electron chi connectivity index (χ2n) is 5.62. The van der Waals surface area contributed by atoms with Crippen LogP contribution in [0.1, 0.15) is 11.1 Å². The monoisotopic (exact) mass is 390 g/mol. The van der Waals surface area contributed by atoms with Crippen LogP contribution in [0.4, 0.5) is 30.5 Å². The number of halogens is 3. The molecule has 1 heterocycles. The van der Waals surface area contributed by atoms with E-state index >= 15 is 0 Å². The van der Waals surface area contributed by atoms with E-state index < -0.39 is 22.5 Å². The Hall–Kier alpha value is -3.69. The first-order valence-corrected chi connectivity index (χ1v) is 7.95. The number of hydrogen-bond acceptors (Lipinski definition) is 6. The van der Waals surface area contributed by atoms with Crippen LogP contribution in [0.5, 0.6) is 5.88 Å². The summed E-state index contributed by atoms with van der Waals surface area (Å²) in [6.45, 7) is -0.114. The molecule has 0 saturated heterocycles. The number of aromatic nitrogens is 2. The van der Waals surface area contributed by atoms with Gasteiger partial charge in [-0.25, -0.2) is 4.98 Å². The fourth-order valence-electron chi connectivity index (χ4n) is 2.28. The third kappa shape index (κ3) is 4.72. The molecule has 0 spiro atoms. The molecule has 0 aliphatic heterocycles. The minimum absolute atomic E-state index is 0.114. The van der Waals surface area contributed by atoms with Crippen LogP contribution in [-0.4, -0.2) is 14.9 Å². The largest absolute Gasteiger partial charge is 0.472 e. The zero-order valence-corrected chi connectivity index (χ0v) is 14.2. The summed E-state index contributed by atoms with van der Waals surface area (Å²) in [5.74, 6) is -0.823. The summed E-state index contributed by atoms with van der Waals surface area (Å²) < 4.78 is 44.9. The fraction of sp³-hybridized carbons (Fsp3) is 0.111. The number of nitrogens with one attached hydrogen (secondary N) is 1. The molecule has 0 amide bonds. The molecular weight excluding hydrogens is 377 g/mol. The van der Waals surface area contributed by atoms with Crippen molar-refractivity contribution in [2.45, 2.75) is 12.8 Å². The summed E-state index contributed by atoms with van der Waals surface area (Å²) in [6.07, 6.45) is -4.09. The maximum atomic E-state index is 13.2. The van der Waals surface area contributed by atoms with E-state index in [1.807, 2.05) is 0 Å². The lowest BCUT2D eigenvalue weighted by Crippen LogP contribution is -2.12. The van der Waals surface area contributed by atoms with Gasteiger partial charge in [-0.05, 0) is 11.6 Å². The molecule has 0 radical (unpaired) electrons. The topological polar surface area (TPSA) is 90.2 Å². The number of rotatable bonds is 6. The number of ether oxygens (including phenoxy) is 1. The second kappa shape index (κ2) is 7.91. The van der Waals surface area contributed by atoms with Crippen molar-refractivity contribution in [3.8, 4) is 5.88 Å². The van der Waals surface area contributed by atoms with Crippen LogP contribution in [0.25, 0.3) is 0 Å². The lowest BCUT2D eigenvalue weighted by atomic mass is 10.2. The third-order valence-electron chi connectivity index (χ3n) is 3.59. The van der Waals surface area contributed by atoms with E-state index in [4.69, 9.17) is 4.74 Å². The molecule has 0 aliphatic carbocycles. The van der Waals surface area contributed by atoms with Crippen LogP contribution in [0.15, 0.2) is 60.8 Å². The van der Waals surface area contributed by atoms with Crippen molar-refractivity contribution < 1.29 is 22.8 Å². The lowest BCUT2D eigenvalue weighted by Gasteiger charge is -2.14. The highest BCUT2D eigenvalue weighted by molar-refractivity contribution is 5.58. The Labute approximate surface area is 157 Å². The van der Waals surface area contributed by atoms with Gasteiger partial charge in [0.15, 0.2) is 0 Å². The Kier molecular flexibility index (Phi) is 5.39. The summed E-state index contributed by atoms with van der Waals surface area (Å²) in [7, 11) is 0. The Morgan fingerprint density at radius 2 is 1.86 bits per heavy atom. The van der Waals surface area contributed by atoms with Gasteiger partial charge >= 0.3 is 6.18 Å². The quantitative estimate of drug-likeness (QED) is 0.484. The van der Waals surface area contributed by atoms with Gasteiger partial charge in [0, 0.05) is 24.0 Å². The average molecular weight is 390 g/mol. The molecule has 144 valence electrons. The number of nitrogens with zero attached hydrogens (tertiary/aromatic N) is 3. The van der Waals surface area contributed by atoms with Gasteiger partial charge in [-0.3, -0.25) is 10.1 Å². The maximum absolute atomic E-state index is 13.2. The first kappa shape index (κ1) is 19.1. The Balaban J connectivity index is 1.86. The van der Waals surface area contributed by atoms with E-state index in [1.165, 1.54) is 24.3 Å². The summed E-state index contributed by atoms with van der Waals surface area (Å²) in [5.41, 5.74) is -0.379. The summed E-state index contributed by atoms with van der Waals surface area (Å²) in [5, 5.41) is 13.5. The average Bonchev–Trinajstić information content (AvgIpc) is 2.66. The molecule has 0 aliphatic rings. The Bertz CT molecular complexity index is 981. The number of non-ortho nitro benzene ring substituents is 1. The normalized spacial score (nSPS) is 11.1. The summed E-state index contributed by atoms with van der Waals surface area (Å²) >= 11 is 0. The Morgan fingerprint density at radius 3 is 2.54 bits per heavy atom. The highest BCUT2D eigenvalue weighted by Crippen LogP contribution is 2.35. The van der Waals surface area contributed by atoms with Gasteiger partial charge in [0.1, 0.15) is 12.2 Å². The van der Waals surface area contributed by atoms with Gasteiger partial charge in [-0.15, -0.1) is 0 Å². The molecule has 0 atom stereocenters. The Morgan fingerprint density at radius 1 is 1.11 bits per heavy atom. The van der Waals surface area contributed by atoms with Gasteiger partial charge in [-0.2, -0.15) is 18.2 Å². The maximum Gasteiger partial charge on any atom is 0.423 e. The van der Waals surface area contributed by atoms with E-state index in [0.29, 0.717) is 11.8 Å². The van der Waals surface area contributed by atoms with Gasteiger partial charge in [0.25, 0.3) is 5.69 Å². The molecule has 0 bridgehead atoms. The van der Waals surface area contributed by atoms with E-state index in [2.05, 4.69) is 15.3 Å². The fourth-order valence-corrected chi connectivity index (χ4v) is 2.28. The highest BCUT2D eigenvalue weighted by Gasteiger charge is 2.36. The van der Waals surface area contributed by atoms with Crippen molar-refractivity contribution in [2.24, 2.45) is 0 Å². The summed E-state index contributed by atoms with van der Waals surface area (Å²) in [6, 6.07) is 14.1. The highest BCUT2D eigenvalue weighted by atomic mass is 19.4. The molecule has 0 saturated carbocycles. The van der Waals surface area contributed by atoms with Gasteiger partial charge in [0.2, 0.25) is 11.8 Å². The molecule has 3 aromatic rings. The van der Waals surface area contributed by atoms with Crippen LogP contribution < -0.4 is 10.1 Å². The first-order chi connectivity index (χ1) is 13.3. The van der Waals surface area contributed by atoms with E-state index in [-0.39, 0.29) is 23.9 Å². The third-order valence-corrected chi connectivity index (χ3v) is 3.59. The van der Waals surface area contributed by atoms with Crippen molar-refractivity contribution in [2.75, 3.05) is 5.32 Å². The van der Waals surface area contributed by atoms with Crippen molar-refractivity contribution in [3.63, 3.8) is 0 Å². The number of anilines is 2. The molecule has 2 aromatic carbocycles. The minimum atomic E-state index is -4.70. The number of alkyl halides is 3. The molecule has 10 heteroatoms. The predicted molar refractivity (Wildman–Crippen MR) is 94.2 cm³/mol. The molecular formula is C18H13F3N4O3. The zero-order chi connectivity index (χ0) is 20.1. The zero-order valence-electron chi connectivity index (χ0n) is 14.2. The van der Waals surface area contributed by atoms with E-state index in [1.54, 1.807) is 30.3 Å². The summed E-state index contributed by atoms with van der Waals surface area (Å²) in [4.78, 5) is 17.7. The number of benzene rings is 2. The predicted octanol–water partition coefficient (Wildman–Crippen LogP) is 4.73. The van der Waals surface area contributed by atoms with Crippen LogP contribution >= 0.6 is 0 Å². The molecule has 3 rings (SSSR count). The number of nitro groups is 1. The smallest absolute Gasteiger partial charge is 0.423 e. The van der Waals surface area contributed by atoms with Crippen molar-refractivity contribution >= 4 is 17.3 Å². The van der Waals surface area contributed by atoms with Crippen molar-refractivity contribution in [1.82, 2.24) is 9.97 Å². The molecule has 0 unspecified atom stereocenters. The molecule has 1 aromatic heterocycles. The van der Waals surface area contributed by atoms with Crippen LogP contribution in [0.2, 0.25) is 0 Å². The standard InChI is InChI=1S/C18H13F3N4O3/c19-18(20,21)15-10-22-17(23-13-7-4-8-14(9-13)25(26)27)24-16(15)28-11-12-5-2-1-3-6-12/h1-10H,11H2,(H,22,23,24).